The molecular formula is C14H14N2O3S. The van der Waals surface area contributed by atoms with E-state index in [1.807, 2.05) is 30.5 Å². The number of hydrogen-bond acceptors (Lipinski definition) is 3. The summed E-state index contributed by atoms with van der Waals surface area (Å²) >= 11 is 1.62. The Morgan fingerprint density at radius 3 is 2.55 bits per heavy atom. The first kappa shape index (κ1) is 14.2. The lowest BCUT2D eigenvalue weighted by atomic mass is 10.3. The zero-order valence-electron chi connectivity index (χ0n) is 10.9. The largest absolute Gasteiger partial charge is 0.480 e. The van der Waals surface area contributed by atoms with Gasteiger partial charge in [0.1, 0.15) is 12.2 Å². The number of aliphatic carboxylic acids is 1. The van der Waals surface area contributed by atoms with Gasteiger partial charge in [0.15, 0.2) is 0 Å². The Kier molecular flexibility index (Phi) is 4.47. The van der Waals surface area contributed by atoms with E-state index >= 15 is 0 Å². The Balaban J connectivity index is 2.11. The molecule has 5 nitrogen and oxygen atoms in total. The first-order valence-electron chi connectivity index (χ1n) is 5.92. The molecule has 1 aromatic carbocycles. The lowest BCUT2D eigenvalue weighted by molar-refractivity contribution is -0.137. The van der Waals surface area contributed by atoms with E-state index in [9.17, 15) is 9.59 Å². The molecule has 0 aliphatic rings. The average Bonchev–Trinajstić information content (AvgIpc) is 2.87. The van der Waals surface area contributed by atoms with E-state index in [-0.39, 0.29) is 12.5 Å². The Hall–Kier alpha value is -2.21. The molecule has 0 radical (unpaired) electrons. The Bertz CT molecular complexity index is 620. The maximum absolute atomic E-state index is 12.1. The van der Waals surface area contributed by atoms with Crippen LogP contribution >= 0.6 is 11.8 Å². The van der Waals surface area contributed by atoms with Gasteiger partial charge in [-0.15, -0.1) is 11.8 Å². The number of nitrogens with zero attached hydrogens (tertiary/aromatic N) is 1. The number of carbonyl (C=O) groups excluding carboxylic acids is 1. The van der Waals surface area contributed by atoms with Crippen LogP contribution < -0.4 is 5.32 Å². The van der Waals surface area contributed by atoms with E-state index in [0.717, 1.165) is 4.90 Å². The fourth-order valence-electron chi connectivity index (χ4n) is 1.77. The SMILES string of the molecule is CSc1ccc(NC(=O)c2cccn2CC(=O)O)cc1. The van der Waals surface area contributed by atoms with Gasteiger partial charge in [-0.1, -0.05) is 0 Å². The molecule has 1 amide bonds. The van der Waals surface area contributed by atoms with Crippen LogP contribution in [-0.4, -0.2) is 27.8 Å². The second-order valence-electron chi connectivity index (χ2n) is 4.10. The minimum Gasteiger partial charge on any atom is -0.480 e. The van der Waals surface area contributed by atoms with Gasteiger partial charge in [0.25, 0.3) is 5.91 Å². The van der Waals surface area contributed by atoms with Gasteiger partial charge in [-0.25, -0.2) is 0 Å². The number of benzene rings is 1. The molecule has 20 heavy (non-hydrogen) atoms. The molecule has 0 saturated carbocycles. The molecular weight excluding hydrogens is 276 g/mol. The van der Waals surface area contributed by atoms with Gasteiger partial charge >= 0.3 is 5.97 Å². The summed E-state index contributed by atoms with van der Waals surface area (Å²) in [6.07, 6.45) is 3.55. The molecule has 2 N–H and O–H groups in total. The Labute approximate surface area is 120 Å². The molecule has 6 heteroatoms. The van der Waals surface area contributed by atoms with Crippen LogP contribution in [0.4, 0.5) is 5.69 Å². The molecule has 104 valence electrons. The first-order valence-corrected chi connectivity index (χ1v) is 7.15. The van der Waals surface area contributed by atoms with Crippen LogP contribution in [0.3, 0.4) is 0 Å². The summed E-state index contributed by atoms with van der Waals surface area (Å²) in [5.74, 6) is -1.31. The van der Waals surface area contributed by atoms with E-state index in [4.69, 9.17) is 5.11 Å². The number of thioether (sulfide) groups is 1. The van der Waals surface area contributed by atoms with Crippen molar-refractivity contribution >= 4 is 29.3 Å². The van der Waals surface area contributed by atoms with Crippen LogP contribution in [-0.2, 0) is 11.3 Å². The zero-order chi connectivity index (χ0) is 14.5. The number of rotatable bonds is 5. The van der Waals surface area contributed by atoms with Gasteiger partial charge < -0.3 is 15.0 Å². The third-order valence-electron chi connectivity index (χ3n) is 2.72. The van der Waals surface area contributed by atoms with E-state index in [1.54, 1.807) is 30.1 Å². The van der Waals surface area contributed by atoms with Crippen molar-refractivity contribution in [2.75, 3.05) is 11.6 Å². The summed E-state index contributed by atoms with van der Waals surface area (Å²) in [5, 5.41) is 11.5. The number of carbonyl (C=O) groups is 2. The molecule has 0 atom stereocenters. The highest BCUT2D eigenvalue weighted by Crippen LogP contribution is 2.18. The van der Waals surface area contributed by atoms with Crippen molar-refractivity contribution in [3.63, 3.8) is 0 Å². The van der Waals surface area contributed by atoms with Gasteiger partial charge in [-0.05, 0) is 42.7 Å². The first-order chi connectivity index (χ1) is 9.60. The molecule has 0 bridgehead atoms. The average molecular weight is 290 g/mol. The van der Waals surface area contributed by atoms with Crippen LogP contribution in [0.15, 0.2) is 47.5 Å². The summed E-state index contributed by atoms with van der Waals surface area (Å²) in [6.45, 7) is -0.235. The van der Waals surface area contributed by atoms with Crippen molar-refractivity contribution in [1.82, 2.24) is 4.57 Å². The number of anilines is 1. The fraction of sp³-hybridized carbons (Fsp3) is 0.143. The quantitative estimate of drug-likeness (QED) is 0.830. The van der Waals surface area contributed by atoms with E-state index in [0.29, 0.717) is 11.4 Å². The Morgan fingerprint density at radius 2 is 1.95 bits per heavy atom. The molecule has 0 aliphatic carbocycles. The zero-order valence-corrected chi connectivity index (χ0v) is 11.7. The smallest absolute Gasteiger partial charge is 0.323 e. The van der Waals surface area contributed by atoms with Crippen LogP contribution in [0, 0.1) is 0 Å². The number of carboxylic acids is 1. The highest BCUT2D eigenvalue weighted by molar-refractivity contribution is 7.98. The van der Waals surface area contributed by atoms with E-state index < -0.39 is 5.97 Å². The lowest BCUT2D eigenvalue weighted by Crippen LogP contribution is -2.19. The van der Waals surface area contributed by atoms with Crippen molar-refractivity contribution in [2.24, 2.45) is 0 Å². The Morgan fingerprint density at radius 1 is 1.25 bits per heavy atom. The van der Waals surface area contributed by atoms with Gasteiger partial charge in [-0.2, -0.15) is 0 Å². The van der Waals surface area contributed by atoms with Gasteiger partial charge in [-0.3, -0.25) is 9.59 Å². The summed E-state index contributed by atoms with van der Waals surface area (Å²) in [5.41, 5.74) is 0.997. The number of hydrogen-bond donors (Lipinski definition) is 2. The van der Waals surface area contributed by atoms with Crippen LogP contribution in [0.2, 0.25) is 0 Å². The van der Waals surface area contributed by atoms with Crippen LogP contribution in [0.25, 0.3) is 0 Å². The predicted molar refractivity (Wildman–Crippen MR) is 78.2 cm³/mol. The lowest BCUT2D eigenvalue weighted by Gasteiger charge is -2.08. The highest BCUT2D eigenvalue weighted by Gasteiger charge is 2.12. The summed E-state index contributed by atoms with van der Waals surface area (Å²) < 4.78 is 1.40. The third kappa shape index (κ3) is 3.42. The summed E-state index contributed by atoms with van der Waals surface area (Å²) in [7, 11) is 0. The maximum atomic E-state index is 12.1. The molecule has 2 aromatic rings. The van der Waals surface area contributed by atoms with Gasteiger partial charge in [0.2, 0.25) is 0 Å². The second-order valence-corrected chi connectivity index (χ2v) is 4.98. The maximum Gasteiger partial charge on any atom is 0.323 e. The van der Waals surface area contributed by atoms with Crippen molar-refractivity contribution < 1.29 is 14.7 Å². The predicted octanol–water partition coefficient (Wildman–Crippen LogP) is 2.55. The molecule has 0 saturated heterocycles. The van der Waals surface area contributed by atoms with Crippen molar-refractivity contribution in [1.29, 1.82) is 0 Å². The fourth-order valence-corrected chi connectivity index (χ4v) is 2.18. The van der Waals surface area contributed by atoms with Crippen LogP contribution in [0.5, 0.6) is 0 Å². The number of nitrogens with one attached hydrogen (secondary N) is 1. The molecule has 0 aliphatic heterocycles. The van der Waals surface area contributed by atoms with E-state index in [2.05, 4.69) is 5.32 Å². The highest BCUT2D eigenvalue weighted by atomic mass is 32.2. The van der Waals surface area contributed by atoms with Gasteiger partial charge in [0.05, 0.1) is 0 Å². The molecule has 0 fully saturated rings. The molecule has 0 spiro atoms. The minimum absolute atomic E-state index is 0.235. The standard InChI is InChI=1S/C14H14N2O3S/c1-20-11-6-4-10(5-7-11)15-14(19)12-3-2-8-16(12)9-13(17)18/h2-8H,9H2,1H3,(H,15,19)(H,17,18). The monoisotopic (exact) mass is 290 g/mol. The second kappa shape index (κ2) is 6.29. The molecule has 2 rings (SSSR count). The summed E-state index contributed by atoms with van der Waals surface area (Å²) in [4.78, 5) is 23.9. The minimum atomic E-state index is -0.987. The van der Waals surface area contributed by atoms with Crippen molar-refractivity contribution in [3.8, 4) is 0 Å². The number of amides is 1. The van der Waals surface area contributed by atoms with Crippen molar-refractivity contribution in [2.45, 2.75) is 11.4 Å². The topological polar surface area (TPSA) is 71.3 Å². The third-order valence-corrected chi connectivity index (χ3v) is 3.46. The van der Waals surface area contributed by atoms with E-state index in [1.165, 1.54) is 4.57 Å². The number of aromatic nitrogens is 1. The van der Waals surface area contributed by atoms with Gasteiger partial charge in [0, 0.05) is 16.8 Å². The molecule has 0 unspecified atom stereocenters. The normalized spacial score (nSPS) is 10.2. The molecule has 1 heterocycles. The van der Waals surface area contributed by atoms with Crippen molar-refractivity contribution in [3.05, 3.63) is 48.3 Å². The van der Waals surface area contributed by atoms with Crippen LogP contribution in [0.1, 0.15) is 10.5 Å². The summed E-state index contributed by atoms with van der Waals surface area (Å²) in [6, 6.07) is 10.7. The number of carboxylic acid groups (broad SMARTS) is 1. The molecule has 1 aromatic heterocycles.